The van der Waals surface area contributed by atoms with Crippen LogP contribution in [-0.4, -0.2) is 23.1 Å². The highest BCUT2D eigenvalue weighted by molar-refractivity contribution is 9.10. The Balaban J connectivity index is 2.57. The van der Waals surface area contributed by atoms with Crippen LogP contribution in [0.1, 0.15) is 25.5 Å². The van der Waals surface area contributed by atoms with Crippen LogP contribution in [0.25, 0.3) is 0 Å². The van der Waals surface area contributed by atoms with E-state index in [4.69, 9.17) is 5.11 Å². The molecule has 18 heavy (non-hydrogen) atoms. The van der Waals surface area contributed by atoms with Crippen molar-refractivity contribution in [3.8, 4) is 0 Å². The lowest BCUT2D eigenvalue weighted by Gasteiger charge is -2.16. The summed E-state index contributed by atoms with van der Waals surface area (Å²) in [5.74, 6) is -1.07. The second-order valence-corrected chi connectivity index (χ2v) is 4.87. The summed E-state index contributed by atoms with van der Waals surface area (Å²) in [6.07, 6.45) is 0. The fourth-order valence-electron chi connectivity index (χ4n) is 1.36. The van der Waals surface area contributed by atoms with E-state index in [1.165, 1.54) is 6.92 Å². The molecule has 0 aromatic heterocycles. The first-order valence-corrected chi connectivity index (χ1v) is 6.24. The Morgan fingerprint density at radius 1 is 1.28 bits per heavy atom. The number of carboxylic acids is 1. The molecule has 0 saturated carbocycles. The fourth-order valence-corrected chi connectivity index (χ4v) is 1.77. The molecule has 1 aromatic rings. The third kappa shape index (κ3) is 4.37. The van der Waals surface area contributed by atoms with Crippen molar-refractivity contribution in [1.29, 1.82) is 0 Å². The van der Waals surface area contributed by atoms with E-state index in [1.54, 1.807) is 0 Å². The first-order valence-electron chi connectivity index (χ1n) is 5.45. The Labute approximate surface area is 114 Å². The zero-order valence-electron chi connectivity index (χ0n) is 10.1. The second kappa shape index (κ2) is 6.39. The van der Waals surface area contributed by atoms with Gasteiger partial charge in [0.15, 0.2) is 0 Å². The van der Waals surface area contributed by atoms with E-state index in [1.807, 2.05) is 31.2 Å². The average Bonchev–Trinajstić information content (AvgIpc) is 2.28. The van der Waals surface area contributed by atoms with Crippen LogP contribution in [0.4, 0.5) is 4.79 Å². The molecular weight excluding hydrogens is 300 g/mol. The lowest BCUT2D eigenvalue weighted by atomic mass is 10.1. The van der Waals surface area contributed by atoms with Crippen molar-refractivity contribution >= 4 is 27.9 Å². The van der Waals surface area contributed by atoms with Crippen molar-refractivity contribution in [3.63, 3.8) is 0 Å². The number of amides is 2. The maximum absolute atomic E-state index is 11.5. The van der Waals surface area contributed by atoms with Crippen molar-refractivity contribution in [1.82, 2.24) is 10.6 Å². The van der Waals surface area contributed by atoms with E-state index in [9.17, 15) is 9.59 Å². The molecule has 2 atom stereocenters. The largest absolute Gasteiger partial charge is 0.480 e. The third-order valence-electron chi connectivity index (χ3n) is 2.41. The summed E-state index contributed by atoms with van der Waals surface area (Å²) >= 11 is 3.35. The second-order valence-electron chi connectivity index (χ2n) is 3.95. The molecule has 0 bridgehead atoms. The van der Waals surface area contributed by atoms with Crippen molar-refractivity contribution in [3.05, 3.63) is 34.3 Å². The molecule has 1 unspecified atom stereocenters. The van der Waals surface area contributed by atoms with E-state index in [2.05, 4.69) is 26.6 Å². The highest BCUT2D eigenvalue weighted by Crippen LogP contribution is 2.17. The Hall–Kier alpha value is -1.56. The summed E-state index contributed by atoms with van der Waals surface area (Å²) in [5.41, 5.74) is 0.933. The molecule has 0 aliphatic rings. The summed E-state index contributed by atoms with van der Waals surface area (Å²) in [7, 11) is 0. The quantitative estimate of drug-likeness (QED) is 0.797. The number of nitrogens with one attached hydrogen (secondary N) is 2. The maximum atomic E-state index is 11.5. The minimum atomic E-state index is -1.07. The Bertz CT molecular complexity index is 451. The van der Waals surface area contributed by atoms with Gasteiger partial charge in [0.2, 0.25) is 0 Å². The van der Waals surface area contributed by atoms with Crippen LogP contribution >= 0.6 is 15.9 Å². The van der Waals surface area contributed by atoms with Crippen molar-refractivity contribution in [2.75, 3.05) is 0 Å². The fraction of sp³-hybridized carbons (Fsp3) is 0.333. The molecule has 0 aliphatic heterocycles. The monoisotopic (exact) mass is 314 g/mol. The molecule has 6 heteroatoms. The van der Waals surface area contributed by atoms with Crippen molar-refractivity contribution < 1.29 is 14.7 Å². The molecule has 1 rings (SSSR count). The molecule has 0 saturated heterocycles. The van der Waals surface area contributed by atoms with Gasteiger partial charge in [0.1, 0.15) is 6.04 Å². The van der Waals surface area contributed by atoms with Crippen molar-refractivity contribution in [2.45, 2.75) is 25.9 Å². The van der Waals surface area contributed by atoms with Crippen LogP contribution in [-0.2, 0) is 4.79 Å². The van der Waals surface area contributed by atoms with Gasteiger partial charge in [-0.3, -0.25) is 4.79 Å². The summed E-state index contributed by atoms with van der Waals surface area (Å²) in [4.78, 5) is 22.1. The number of carbonyl (C=O) groups is 2. The number of hydrogen-bond donors (Lipinski definition) is 3. The number of carboxylic acid groups (broad SMARTS) is 1. The highest BCUT2D eigenvalue weighted by atomic mass is 79.9. The molecule has 0 fully saturated rings. The van der Waals surface area contributed by atoms with Gasteiger partial charge >= 0.3 is 12.0 Å². The van der Waals surface area contributed by atoms with E-state index in [0.29, 0.717) is 0 Å². The molecule has 5 nitrogen and oxygen atoms in total. The highest BCUT2D eigenvalue weighted by Gasteiger charge is 2.15. The van der Waals surface area contributed by atoms with E-state index in [-0.39, 0.29) is 6.04 Å². The van der Waals surface area contributed by atoms with Gasteiger partial charge in [-0.15, -0.1) is 0 Å². The number of halogens is 1. The molecule has 98 valence electrons. The molecule has 0 spiro atoms. The summed E-state index contributed by atoms with van der Waals surface area (Å²) in [6.45, 7) is 3.23. The minimum absolute atomic E-state index is 0.205. The van der Waals surface area contributed by atoms with Gasteiger partial charge in [-0.05, 0) is 31.5 Å². The number of benzene rings is 1. The molecule has 0 radical (unpaired) electrons. The predicted octanol–water partition coefficient (Wildman–Crippen LogP) is 2.28. The number of urea groups is 1. The van der Waals surface area contributed by atoms with Gasteiger partial charge in [-0.2, -0.15) is 0 Å². The normalized spacial score (nSPS) is 13.5. The van der Waals surface area contributed by atoms with Gasteiger partial charge in [0.25, 0.3) is 0 Å². The summed E-state index contributed by atoms with van der Waals surface area (Å²) in [6, 6.07) is 5.92. The maximum Gasteiger partial charge on any atom is 0.325 e. The van der Waals surface area contributed by atoms with Crippen LogP contribution in [0.5, 0.6) is 0 Å². The zero-order valence-corrected chi connectivity index (χ0v) is 11.7. The van der Waals surface area contributed by atoms with Crippen LogP contribution in [0.2, 0.25) is 0 Å². The van der Waals surface area contributed by atoms with Gasteiger partial charge in [0.05, 0.1) is 6.04 Å². The van der Waals surface area contributed by atoms with Crippen LogP contribution in [0.15, 0.2) is 28.7 Å². The van der Waals surface area contributed by atoms with Gasteiger partial charge in [-0.1, -0.05) is 28.1 Å². The standard InChI is InChI=1S/C12H15BrN2O3/c1-7(9-4-3-5-10(13)6-9)14-12(18)15-8(2)11(16)17/h3-8H,1-2H3,(H,16,17)(H2,14,15,18)/t7?,8-/m0/s1. The first kappa shape index (κ1) is 14.5. The van der Waals surface area contributed by atoms with Crippen LogP contribution in [0.3, 0.4) is 0 Å². The van der Waals surface area contributed by atoms with Gasteiger partial charge in [0, 0.05) is 4.47 Å². The zero-order chi connectivity index (χ0) is 13.7. The third-order valence-corrected chi connectivity index (χ3v) is 2.91. The Kier molecular flexibility index (Phi) is 5.15. The minimum Gasteiger partial charge on any atom is -0.480 e. The first-order chi connectivity index (χ1) is 8.40. The Morgan fingerprint density at radius 3 is 2.50 bits per heavy atom. The topological polar surface area (TPSA) is 78.4 Å². The molecular formula is C12H15BrN2O3. The SMILES string of the molecule is CC(NC(=O)N[C@@H](C)C(=O)O)c1cccc(Br)c1. The predicted molar refractivity (Wildman–Crippen MR) is 71.3 cm³/mol. The van der Waals surface area contributed by atoms with Crippen LogP contribution < -0.4 is 10.6 Å². The lowest BCUT2D eigenvalue weighted by molar-refractivity contribution is -0.138. The smallest absolute Gasteiger partial charge is 0.325 e. The lowest BCUT2D eigenvalue weighted by Crippen LogP contribution is -2.45. The van der Waals surface area contributed by atoms with E-state index >= 15 is 0 Å². The van der Waals surface area contributed by atoms with Gasteiger partial charge < -0.3 is 15.7 Å². The average molecular weight is 315 g/mol. The molecule has 2 amide bonds. The van der Waals surface area contributed by atoms with Crippen molar-refractivity contribution in [2.24, 2.45) is 0 Å². The molecule has 1 aromatic carbocycles. The molecule has 0 aliphatic carbocycles. The number of rotatable bonds is 4. The Morgan fingerprint density at radius 2 is 1.94 bits per heavy atom. The van der Waals surface area contributed by atoms with E-state index in [0.717, 1.165) is 10.0 Å². The van der Waals surface area contributed by atoms with Crippen LogP contribution in [0, 0.1) is 0 Å². The number of carbonyl (C=O) groups excluding carboxylic acids is 1. The summed E-state index contributed by atoms with van der Waals surface area (Å²) in [5, 5.41) is 13.7. The number of aliphatic carboxylic acids is 1. The molecule has 3 N–H and O–H groups in total. The molecule has 0 heterocycles. The summed E-state index contributed by atoms with van der Waals surface area (Å²) < 4.78 is 0.924. The van der Waals surface area contributed by atoms with Gasteiger partial charge in [-0.25, -0.2) is 4.79 Å². The van der Waals surface area contributed by atoms with E-state index < -0.39 is 18.0 Å². The number of hydrogen-bond acceptors (Lipinski definition) is 2.